The lowest BCUT2D eigenvalue weighted by molar-refractivity contribution is -0.137. The largest absolute Gasteiger partial charge is 0.416 e. The van der Waals surface area contributed by atoms with E-state index in [-0.39, 0.29) is 22.9 Å². The molecule has 1 aliphatic heterocycles. The summed E-state index contributed by atoms with van der Waals surface area (Å²) < 4.78 is 38.1. The number of rotatable bonds is 3. The molecule has 3 unspecified atom stereocenters. The lowest BCUT2D eigenvalue weighted by Crippen LogP contribution is -2.56. The van der Waals surface area contributed by atoms with Gasteiger partial charge in [0, 0.05) is 13.3 Å². The molecule has 1 saturated heterocycles. The van der Waals surface area contributed by atoms with Crippen LogP contribution in [0.5, 0.6) is 0 Å². The number of carbonyl (C=O) groups is 1. The van der Waals surface area contributed by atoms with Gasteiger partial charge in [0.15, 0.2) is 5.78 Å². The summed E-state index contributed by atoms with van der Waals surface area (Å²) in [5.74, 6) is -0.0455. The van der Waals surface area contributed by atoms with E-state index in [9.17, 15) is 23.1 Å². The first kappa shape index (κ1) is 16.0. The van der Waals surface area contributed by atoms with Crippen LogP contribution in [0.4, 0.5) is 18.9 Å². The molecule has 3 atom stereocenters. The van der Waals surface area contributed by atoms with E-state index in [1.165, 1.54) is 19.1 Å². The van der Waals surface area contributed by atoms with E-state index >= 15 is 0 Å². The van der Waals surface area contributed by atoms with Crippen LogP contribution in [0.1, 0.15) is 25.8 Å². The number of hydrogen-bond acceptors (Lipinski definition) is 2. The molecule has 0 aromatic heterocycles. The minimum absolute atomic E-state index is 0.0455. The SMILES string of the molecule is CC(=O)C[N+]1(c2ccc(C(F)(F)F)cc2)CCC(O)C1C. The van der Waals surface area contributed by atoms with Crippen molar-refractivity contribution >= 4 is 11.5 Å². The summed E-state index contributed by atoms with van der Waals surface area (Å²) in [6.07, 6.45) is -4.39. The van der Waals surface area contributed by atoms with Gasteiger partial charge < -0.3 is 5.11 Å². The van der Waals surface area contributed by atoms with E-state index in [0.717, 1.165) is 12.1 Å². The Morgan fingerprint density at radius 2 is 1.90 bits per heavy atom. The molecular formula is C15H19F3NO2+. The average Bonchev–Trinajstić information content (AvgIpc) is 2.67. The molecule has 2 rings (SSSR count). The summed E-state index contributed by atoms with van der Waals surface area (Å²) in [7, 11) is 0. The van der Waals surface area contributed by atoms with Crippen LogP contribution in [-0.4, -0.2) is 36.1 Å². The topological polar surface area (TPSA) is 37.3 Å². The molecule has 116 valence electrons. The van der Waals surface area contributed by atoms with Crippen LogP contribution in [0.3, 0.4) is 0 Å². The quantitative estimate of drug-likeness (QED) is 0.872. The number of ketones is 1. The minimum Gasteiger partial charge on any atom is -0.387 e. The molecule has 0 spiro atoms. The van der Waals surface area contributed by atoms with Crippen molar-refractivity contribution in [2.24, 2.45) is 0 Å². The fourth-order valence-electron chi connectivity index (χ4n) is 3.16. The summed E-state index contributed by atoms with van der Waals surface area (Å²) in [6, 6.07) is 4.69. The second kappa shape index (κ2) is 5.42. The number of alkyl halides is 3. The number of quaternary nitrogens is 1. The van der Waals surface area contributed by atoms with Crippen LogP contribution in [0.2, 0.25) is 0 Å². The van der Waals surface area contributed by atoms with Gasteiger partial charge >= 0.3 is 6.18 Å². The Morgan fingerprint density at radius 1 is 1.33 bits per heavy atom. The fourth-order valence-corrected chi connectivity index (χ4v) is 3.16. The second-order valence-electron chi connectivity index (χ2n) is 5.76. The Bertz CT molecular complexity index is 527. The van der Waals surface area contributed by atoms with Gasteiger partial charge in [-0.25, -0.2) is 0 Å². The van der Waals surface area contributed by atoms with Crippen LogP contribution < -0.4 is 4.48 Å². The van der Waals surface area contributed by atoms with Crippen molar-refractivity contribution in [2.45, 2.75) is 38.6 Å². The maximum Gasteiger partial charge on any atom is 0.416 e. The van der Waals surface area contributed by atoms with Gasteiger partial charge in [-0.1, -0.05) is 0 Å². The first-order chi connectivity index (χ1) is 9.67. The standard InChI is InChI=1S/C15H19F3NO2/c1-10(20)9-19(8-7-14(21)11(19)2)13-5-3-12(4-6-13)15(16,17)18/h3-6,11,14,21H,7-9H2,1-2H3/q+1. The normalized spacial score (nSPS) is 29.6. The van der Waals surface area contributed by atoms with Crippen molar-refractivity contribution in [1.29, 1.82) is 0 Å². The molecule has 1 fully saturated rings. The Morgan fingerprint density at radius 3 is 2.29 bits per heavy atom. The maximum absolute atomic E-state index is 12.6. The zero-order chi connectivity index (χ0) is 15.8. The summed E-state index contributed by atoms with van der Waals surface area (Å²) in [4.78, 5) is 11.6. The maximum atomic E-state index is 12.6. The number of halogens is 3. The third-order valence-corrected chi connectivity index (χ3v) is 4.37. The highest BCUT2D eigenvalue weighted by Crippen LogP contribution is 2.37. The van der Waals surface area contributed by atoms with E-state index in [1.807, 2.05) is 6.92 Å². The van der Waals surface area contributed by atoms with Crippen LogP contribution in [-0.2, 0) is 11.0 Å². The van der Waals surface area contributed by atoms with Crippen molar-refractivity contribution in [3.8, 4) is 0 Å². The number of aliphatic hydroxyl groups is 1. The predicted molar refractivity (Wildman–Crippen MR) is 73.7 cm³/mol. The molecule has 0 amide bonds. The van der Waals surface area contributed by atoms with Gasteiger partial charge in [-0.15, -0.1) is 0 Å². The van der Waals surface area contributed by atoms with E-state index in [4.69, 9.17) is 0 Å². The third kappa shape index (κ3) is 2.96. The molecule has 6 heteroatoms. The number of nitrogens with zero attached hydrogens (tertiary/aromatic N) is 1. The lowest BCUT2D eigenvalue weighted by Gasteiger charge is -2.38. The highest BCUT2D eigenvalue weighted by molar-refractivity contribution is 5.80. The van der Waals surface area contributed by atoms with Crippen molar-refractivity contribution in [3.63, 3.8) is 0 Å². The first-order valence-electron chi connectivity index (χ1n) is 6.89. The highest BCUT2D eigenvalue weighted by Gasteiger charge is 2.47. The summed E-state index contributed by atoms with van der Waals surface area (Å²) in [6.45, 7) is 4.02. The zero-order valence-corrected chi connectivity index (χ0v) is 12.0. The molecule has 3 nitrogen and oxygen atoms in total. The van der Waals surface area contributed by atoms with E-state index in [2.05, 4.69) is 0 Å². The van der Waals surface area contributed by atoms with E-state index in [0.29, 0.717) is 18.7 Å². The van der Waals surface area contributed by atoms with Crippen LogP contribution >= 0.6 is 0 Å². The smallest absolute Gasteiger partial charge is 0.387 e. The van der Waals surface area contributed by atoms with Gasteiger partial charge in [-0.05, 0) is 31.2 Å². The molecule has 0 aliphatic carbocycles. The number of Topliss-reactive ketones (excluding diaryl/α,β-unsaturated/α-hetero) is 1. The zero-order valence-electron chi connectivity index (χ0n) is 12.0. The second-order valence-corrected chi connectivity index (χ2v) is 5.76. The van der Waals surface area contributed by atoms with Crippen molar-refractivity contribution in [1.82, 2.24) is 4.48 Å². The molecule has 0 bridgehead atoms. The van der Waals surface area contributed by atoms with Crippen LogP contribution in [0, 0.1) is 0 Å². The Labute approximate surface area is 121 Å². The van der Waals surface area contributed by atoms with Gasteiger partial charge in [0.1, 0.15) is 24.4 Å². The van der Waals surface area contributed by atoms with Gasteiger partial charge in [0.25, 0.3) is 0 Å². The monoisotopic (exact) mass is 302 g/mol. The van der Waals surface area contributed by atoms with Gasteiger partial charge in [0.2, 0.25) is 0 Å². The Hall–Kier alpha value is -1.40. The van der Waals surface area contributed by atoms with Crippen molar-refractivity contribution in [2.75, 3.05) is 13.1 Å². The number of carbonyl (C=O) groups excluding carboxylic acids is 1. The van der Waals surface area contributed by atoms with Gasteiger partial charge in [0.05, 0.1) is 12.1 Å². The minimum atomic E-state index is -4.37. The van der Waals surface area contributed by atoms with Crippen LogP contribution in [0.25, 0.3) is 0 Å². The molecular weight excluding hydrogens is 283 g/mol. The number of aliphatic hydroxyl groups excluding tert-OH is 1. The molecule has 0 radical (unpaired) electrons. The van der Waals surface area contributed by atoms with E-state index < -0.39 is 17.8 Å². The molecule has 21 heavy (non-hydrogen) atoms. The fraction of sp³-hybridized carbons (Fsp3) is 0.533. The van der Waals surface area contributed by atoms with Crippen LogP contribution in [0.15, 0.2) is 24.3 Å². The molecule has 1 aliphatic rings. The third-order valence-electron chi connectivity index (χ3n) is 4.37. The van der Waals surface area contributed by atoms with Crippen molar-refractivity contribution in [3.05, 3.63) is 29.8 Å². The number of likely N-dealkylation sites (tertiary alicyclic amines) is 1. The molecule has 1 aromatic rings. The number of hydrogen-bond donors (Lipinski definition) is 1. The predicted octanol–water partition coefficient (Wildman–Crippen LogP) is 2.75. The Balaban J connectivity index is 2.41. The molecule has 0 saturated carbocycles. The molecule has 1 aromatic carbocycles. The Kier molecular flexibility index (Phi) is 4.13. The van der Waals surface area contributed by atoms with Crippen molar-refractivity contribution < 1.29 is 23.1 Å². The summed E-state index contributed by atoms with van der Waals surface area (Å²) in [5, 5.41) is 9.98. The number of benzene rings is 1. The van der Waals surface area contributed by atoms with Gasteiger partial charge in [-0.3, -0.25) is 9.28 Å². The van der Waals surface area contributed by atoms with Gasteiger partial charge in [-0.2, -0.15) is 13.2 Å². The molecule has 1 N–H and O–H groups in total. The van der Waals surface area contributed by atoms with E-state index in [1.54, 1.807) is 0 Å². The lowest BCUT2D eigenvalue weighted by atomic mass is 10.1. The average molecular weight is 302 g/mol. The first-order valence-corrected chi connectivity index (χ1v) is 6.89. The summed E-state index contributed by atoms with van der Waals surface area (Å²) in [5.41, 5.74) is -0.0677. The molecule has 1 heterocycles. The highest BCUT2D eigenvalue weighted by atomic mass is 19.4. The summed E-state index contributed by atoms with van der Waals surface area (Å²) >= 11 is 0.